The summed E-state index contributed by atoms with van der Waals surface area (Å²) in [5.41, 5.74) is -0.524. The minimum Gasteiger partial charge on any atom is -0.481 e. The van der Waals surface area contributed by atoms with Crippen LogP contribution in [-0.4, -0.2) is 46.5 Å². The number of carbonyl (C=O) groups is 3. The van der Waals surface area contributed by atoms with Crippen LogP contribution in [0.4, 0.5) is 0 Å². The number of hydrogen-bond donors (Lipinski definition) is 2. The number of hydrogen-bond acceptors (Lipinski definition) is 5. The molecule has 1 rings (SSSR count). The minimum atomic E-state index is -1.32. The Morgan fingerprint density at radius 3 is 2.52 bits per heavy atom. The molecule has 1 aromatic carbocycles. The molecule has 2 N–H and O–H groups in total. The first kappa shape index (κ1) is 20.9. The summed E-state index contributed by atoms with van der Waals surface area (Å²) in [5.74, 6) is -2.23. The van der Waals surface area contributed by atoms with Gasteiger partial charge in [-0.3, -0.25) is 14.4 Å². The van der Waals surface area contributed by atoms with Crippen LogP contribution in [-0.2, 0) is 20.8 Å². The predicted molar refractivity (Wildman–Crippen MR) is 94.4 cm³/mol. The van der Waals surface area contributed by atoms with Crippen LogP contribution in [0.2, 0.25) is 0 Å². The third-order valence-electron chi connectivity index (χ3n) is 3.31. The molecular formula is C16H18Cl2N2O5. The summed E-state index contributed by atoms with van der Waals surface area (Å²) in [5, 5.41) is 15.2. The van der Waals surface area contributed by atoms with Gasteiger partial charge in [0.25, 0.3) is 5.91 Å². The highest BCUT2D eigenvalue weighted by molar-refractivity contribution is 6.54. The van der Waals surface area contributed by atoms with Crippen LogP contribution in [0.15, 0.2) is 23.4 Å². The number of ketones is 1. The number of oxime groups is 1. The quantitative estimate of drug-likeness (QED) is 0.403. The van der Waals surface area contributed by atoms with E-state index in [1.165, 1.54) is 39.3 Å². The normalized spacial score (nSPS) is 11.6. The molecule has 1 aromatic rings. The number of carboxylic acids is 1. The number of amides is 1. The number of nitrogens with one attached hydrogen (secondary N) is 1. The number of alkyl halides is 2. The van der Waals surface area contributed by atoms with Gasteiger partial charge in [-0.2, -0.15) is 0 Å². The van der Waals surface area contributed by atoms with Crippen LogP contribution in [0.3, 0.4) is 0 Å². The van der Waals surface area contributed by atoms with Crippen LogP contribution in [0, 0.1) is 0 Å². The molecule has 0 saturated carbocycles. The van der Waals surface area contributed by atoms with Gasteiger partial charge in [0.2, 0.25) is 0 Å². The maximum atomic E-state index is 12.6. The third-order valence-corrected chi connectivity index (χ3v) is 3.71. The molecule has 0 aliphatic heterocycles. The van der Waals surface area contributed by atoms with E-state index in [1.54, 1.807) is 6.07 Å². The van der Waals surface area contributed by atoms with Crippen molar-refractivity contribution in [3.05, 3.63) is 34.9 Å². The Hall–Kier alpha value is -2.12. The molecule has 0 heterocycles. The largest absolute Gasteiger partial charge is 0.481 e. The third kappa shape index (κ3) is 5.72. The van der Waals surface area contributed by atoms with Crippen LogP contribution < -0.4 is 5.32 Å². The summed E-state index contributed by atoms with van der Waals surface area (Å²) in [4.78, 5) is 39.0. The van der Waals surface area contributed by atoms with Crippen LogP contribution in [0.5, 0.6) is 0 Å². The molecule has 0 radical (unpaired) electrons. The number of nitrogens with zero attached hydrogens (tertiary/aromatic N) is 1. The highest BCUT2D eigenvalue weighted by atomic mass is 35.5. The lowest BCUT2D eigenvalue weighted by Crippen LogP contribution is -2.51. The molecule has 136 valence electrons. The van der Waals surface area contributed by atoms with E-state index < -0.39 is 28.0 Å². The number of carboxylic acid groups (broad SMARTS) is 1. The van der Waals surface area contributed by atoms with E-state index in [0.29, 0.717) is 5.56 Å². The van der Waals surface area contributed by atoms with Gasteiger partial charge >= 0.3 is 5.97 Å². The molecule has 0 fully saturated rings. The summed E-state index contributed by atoms with van der Waals surface area (Å²) in [6.07, 6.45) is 0.938. The van der Waals surface area contributed by atoms with E-state index in [1.807, 2.05) is 0 Å². The van der Waals surface area contributed by atoms with Gasteiger partial charge < -0.3 is 15.3 Å². The lowest BCUT2D eigenvalue weighted by molar-refractivity contribution is -0.136. The maximum Gasteiger partial charge on any atom is 0.307 e. The number of rotatable bonds is 8. The average Bonchev–Trinajstić information content (AvgIpc) is 2.51. The van der Waals surface area contributed by atoms with Gasteiger partial charge in [-0.05, 0) is 25.5 Å². The topological polar surface area (TPSA) is 105 Å². The Bertz CT molecular complexity index is 702. The van der Waals surface area contributed by atoms with Gasteiger partial charge in [0.05, 0.1) is 18.2 Å². The SMILES string of the molecule is CON=Cc1c(CC(=O)O)cccc1C(=O)NC(C)(C)C(=O)C(Cl)Cl. The molecule has 0 saturated heterocycles. The monoisotopic (exact) mass is 388 g/mol. The first-order valence-electron chi connectivity index (χ1n) is 7.15. The van der Waals surface area contributed by atoms with Crippen molar-refractivity contribution in [3.8, 4) is 0 Å². The van der Waals surface area contributed by atoms with Gasteiger partial charge in [-0.25, -0.2) is 0 Å². The van der Waals surface area contributed by atoms with Crippen molar-refractivity contribution in [1.82, 2.24) is 5.32 Å². The van der Waals surface area contributed by atoms with Crippen molar-refractivity contribution >= 4 is 47.1 Å². The number of aliphatic carboxylic acids is 1. The molecule has 0 aromatic heterocycles. The van der Waals surface area contributed by atoms with E-state index in [9.17, 15) is 14.4 Å². The average molecular weight is 389 g/mol. The molecular weight excluding hydrogens is 371 g/mol. The van der Waals surface area contributed by atoms with Crippen molar-refractivity contribution in [3.63, 3.8) is 0 Å². The fourth-order valence-corrected chi connectivity index (χ4v) is 2.62. The first-order valence-corrected chi connectivity index (χ1v) is 8.02. The highest BCUT2D eigenvalue weighted by Gasteiger charge is 2.34. The van der Waals surface area contributed by atoms with Gasteiger partial charge in [0.15, 0.2) is 10.6 Å². The van der Waals surface area contributed by atoms with Gasteiger partial charge in [-0.1, -0.05) is 40.5 Å². The summed E-state index contributed by atoms with van der Waals surface area (Å²) in [6.45, 7) is 2.93. The van der Waals surface area contributed by atoms with Crippen molar-refractivity contribution < 1.29 is 24.3 Å². The number of halogens is 2. The maximum absolute atomic E-state index is 12.6. The molecule has 0 aliphatic carbocycles. The zero-order chi connectivity index (χ0) is 19.2. The zero-order valence-electron chi connectivity index (χ0n) is 13.9. The van der Waals surface area contributed by atoms with E-state index in [4.69, 9.17) is 28.3 Å². The molecule has 0 unspecified atom stereocenters. The Morgan fingerprint density at radius 1 is 1.36 bits per heavy atom. The molecule has 0 aliphatic rings. The van der Waals surface area contributed by atoms with E-state index in [0.717, 1.165) is 0 Å². The number of benzene rings is 1. The van der Waals surface area contributed by atoms with Gasteiger partial charge in [-0.15, -0.1) is 0 Å². The van der Waals surface area contributed by atoms with Crippen molar-refractivity contribution in [2.45, 2.75) is 30.6 Å². The standard InChI is InChI=1S/C16H18Cl2N2O5/c1-16(2,13(23)14(17)18)20-15(24)10-6-4-5-9(7-12(21)22)11(10)8-19-25-3/h4-6,8,14H,7H2,1-3H3,(H,20,24)(H,21,22). The summed E-state index contributed by atoms with van der Waals surface area (Å²) >= 11 is 11.2. The number of Topliss-reactive ketones (excluding diaryl/α,β-unsaturated/α-hetero) is 1. The summed E-state index contributed by atoms with van der Waals surface area (Å²) in [6, 6.07) is 4.58. The Kier molecular flexibility index (Phi) is 7.38. The van der Waals surface area contributed by atoms with Gasteiger partial charge in [0.1, 0.15) is 7.11 Å². The summed E-state index contributed by atoms with van der Waals surface area (Å²) < 4.78 is 0. The van der Waals surface area contributed by atoms with Crippen molar-refractivity contribution in [2.75, 3.05) is 7.11 Å². The molecule has 7 nitrogen and oxygen atoms in total. The van der Waals surface area contributed by atoms with Crippen molar-refractivity contribution in [1.29, 1.82) is 0 Å². The Balaban J connectivity index is 3.26. The lowest BCUT2D eigenvalue weighted by Gasteiger charge is -2.25. The second-order valence-electron chi connectivity index (χ2n) is 5.61. The summed E-state index contributed by atoms with van der Waals surface area (Å²) in [7, 11) is 1.32. The highest BCUT2D eigenvalue weighted by Crippen LogP contribution is 2.18. The van der Waals surface area contributed by atoms with Crippen LogP contribution in [0.1, 0.15) is 35.3 Å². The second kappa shape index (κ2) is 8.82. The molecule has 9 heteroatoms. The van der Waals surface area contributed by atoms with Crippen LogP contribution in [0.25, 0.3) is 0 Å². The van der Waals surface area contributed by atoms with E-state index >= 15 is 0 Å². The predicted octanol–water partition coefficient (Wildman–Crippen LogP) is 2.18. The fraction of sp³-hybridized carbons (Fsp3) is 0.375. The molecule has 0 spiro atoms. The van der Waals surface area contributed by atoms with E-state index in [2.05, 4.69) is 15.3 Å². The number of carbonyl (C=O) groups excluding carboxylic acids is 2. The molecule has 0 bridgehead atoms. The lowest BCUT2D eigenvalue weighted by atomic mass is 9.96. The van der Waals surface area contributed by atoms with Crippen LogP contribution >= 0.6 is 23.2 Å². The van der Waals surface area contributed by atoms with Gasteiger partial charge in [0, 0.05) is 11.1 Å². The minimum absolute atomic E-state index is 0.140. The Labute approximate surface area is 154 Å². The first-order chi connectivity index (χ1) is 11.6. The Morgan fingerprint density at radius 2 is 2.00 bits per heavy atom. The fourth-order valence-electron chi connectivity index (χ4n) is 2.07. The molecule has 25 heavy (non-hydrogen) atoms. The second-order valence-corrected chi connectivity index (χ2v) is 6.71. The van der Waals surface area contributed by atoms with Crippen molar-refractivity contribution in [2.24, 2.45) is 5.16 Å². The van der Waals surface area contributed by atoms with E-state index in [-0.39, 0.29) is 17.5 Å². The molecule has 0 atom stereocenters. The molecule has 1 amide bonds. The smallest absolute Gasteiger partial charge is 0.307 e. The zero-order valence-corrected chi connectivity index (χ0v) is 15.4.